The first-order valence-electron chi connectivity index (χ1n) is 11.7. The fourth-order valence-electron chi connectivity index (χ4n) is 5.38. The summed E-state index contributed by atoms with van der Waals surface area (Å²) < 4.78 is 10.9. The van der Waals surface area contributed by atoms with E-state index < -0.39 is 0 Å². The van der Waals surface area contributed by atoms with Crippen molar-refractivity contribution in [1.82, 2.24) is 9.88 Å². The maximum Gasteiger partial charge on any atom is 0.225 e. The van der Waals surface area contributed by atoms with Crippen molar-refractivity contribution < 1.29 is 14.3 Å². The molecule has 1 amide bonds. The summed E-state index contributed by atoms with van der Waals surface area (Å²) in [5, 5.41) is 10.1. The molecule has 31 heavy (non-hydrogen) atoms. The summed E-state index contributed by atoms with van der Waals surface area (Å²) in [5.74, 6) is 1.41. The van der Waals surface area contributed by atoms with Crippen LogP contribution in [0.2, 0.25) is 0 Å². The number of carbonyl (C=O) groups excluding carboxylic acids is 1. The van der Waals surface area contributed by atoms with E-state index in [1.54, 1.807) is 7.11 Å². The molecule has 1 aromatic heterocycles. The Morgan fingerprint density at radius 3 is 2.77 bits per heavy atom. The van der Waals surface area contributed by atoms with Crippen LogP contribution in [0.1, 0.15) is 73.8 Å². The Balaban J connectivity index is 1.63. The summed E-state index contributed by atoms with van der Waals surface area (Å²) in [7, 11) is 1.62. The van der Waals surface area contributed by atoms with Gasteiger partial charge in [-0.1, -0.05) is 19.3 Å². The molecule has 2 aliphatic heterocycles. The maximum absolute atomic E-state index is 12.5. The van der Waals surface area contributed by atoms with E-state index in [2.05, 4.69) is 17.9 Å². The van der Waals surface area contributed by atoms with Crippen molar-refractivity contribution in [2.24, 2.45) is 0 Å². The molecule has 3 aliphatic rings. The lowest BCUT2D eigenvalue weighted by molar-refractivity contribution is -0.134. The molecular weight excluding hydrogens is 392 g/mol. The van der Waals surface area contributed by atoms with Gasteiger partial charge in [-0.15, -0.1) is 0 Å². The standard InChI is InChI=1S/C24H34N4O3/c1-17-15-27(10-11-28(17)22(29)9-12-30-2)24-20(14-25)19-8-13-31-16-21(19)23(26-24)18-6-4-3-5-7-18/h17-18H,3-13,15-16H2,1-2H3. The maximum atomic E-state index is 12.5. The average molecular weight is 427 g/mol. The van der Waals surface area contributed by atoms with Crippen LogP contribution in [0.4, 0.5) is 5.82 Å². The van der Waals surface area contributed by atoms with Crippen LogP contribution in [-0.2, 0) is 27.3 Å². The number of fused-ring (bicyclic) bond motifs is 1. The number of amides is 1. The number of piperazine rings is 1. The minimum Gasteiger partial charge on any atom is -0.384 e. The van der Waals surface area contributed by atoms with Crippen LogP contribution >= 0.6 is 0 Å². The topological polar surface area (TPSA) is 78.7 Å². The molecule has 7 heteroatoms. The Morgan fingerprint density at radius 1 is 1.26 bits per heavy atom. The molecule has 1 atom stereocenters. The smallest absolute Gasteiger partial charge is 0.225 e. The first kappa shape index (κ1) is 22.0. The van der Waals surface area contributed by atoms with Gasteiger partial charge in [0, 0.05) is 44.3 Å². The Labute approximate surface area is 185 Å². The number of methoxy groups -OCH3 is 1. The predicted molar refractivity (Wildman–Crippen MR) is 118 cm³/mol. The normalized spacial score (nSPS) is 22.2. The number of ether oxygens (including phenoxy) is 2. The van der Waals surface area contributed by atoms with Crippen molar-refractivity contribution in [3.63, 3.8) is 0 Å². The van der Waals surface area contributed by atoms with Crippen LogP contribution in [0.5, 0.6) is 0 Å². The second-order valence-corrected chi connectivity index (χ2v) is 9.03. The number of hydrogen-bond donors (Lipinski definition) is 0. The average Bonchev–Trinajstić information content (AvgIpc) is 2.81. The van der Waals surface area contributed by atoms with E-state index >= 15 is 0 Å². The summed E-state index contributed by atoms with van der Waals surface area (Å²) in [4.78, 5) is 21.9. The highest BCUT2D eigenvalue weighted by Gasteiger charge is 2.33. The van der Waals surface area contributed by atoms with Crippen molar-refractivity contribution in [1.29, 1.82) is 5.26 Å². The molecular formula is C24H34N4O3. The number of rotatable bonds is 5. The predicted octanol–water partition coefficient (Wildman–Crippen LogP) is 3.15. The van der Waals surface area contributed by atoms with Gasteiger partial charge in [0.1, 0.15) is 11.9 Å². The second kappa shape index (κ2) is 9.97. The first-order chi connectivity index (χ1) is 15.1. The van der Waals surface area contributed by atoms with E-state index in [-0.39, 0.29) is 11.9 Å². The van der Waals surface area contributed by atoms with E-state index in [0.29, 0.717) is 57.4 Å². The van der Waals surface area contributed by atoms with Gasteiger partial charge in [0.15, 0.2) is 0 Å². The Bertz CT molecular complexity index is 844. The van der Waals surface area contributed by atoms with Gasteiger partial charge >= 0.3 is 0 Å². The third kappa shape index (κ3) is 4.56. The number of carbonyl (C=O) groups is 1. The van der Waals surface area contributed by atoms with Crippen molar-refractivity contribution in [3.8, 4) is 6.07 Å². The van der Waals surface area contributed by atoms with E-state index in [1.807, 2.05) is 4.90 Å². The van der Waals surface area contributed by atoms with Gasteiger partial charge in [0.05, 0.1) is 37.5 Å². The van der Waals surface area contributed by atoms with Crippen molar-refractivity contribution in [2.75, 3.05) is 44.9 Å². The first-order valence-corrected chi connectivity index (χ1v) is 11.7. The molecule has 4 rings (SSSR count). The molecule has 0 radical (unpaired) electrons. The monoisotopic (exact) mass is 426 g/mol. The molecule has 0 aromatic carbocycles. The Morgan fingerprint density at radius 2 is 2.06 bits per heavy atom. The van der Waals surface area contributed by atoms with Crippen LogP contribution in [-0.4, -0.2) is 61.8 Å². The molecule has 0 bridgehead atoms. The van der Waals surface area contributed by atoms with E-state index in [9.17, 15) is 10.1 Å². The van der Waals surface area contributed by atoms with Gasteiger partial charge in [-0.05, 0) is 31.7 Å². The van der Waals surface area contributed by atoms with E-state index in [1.165, 1.54) is 37.7 Å². The summed E-state index contributed by atoms with van der Waals surface area (Å²) in [6.45, 7) is 5.80. The number of nitrogens with zero attached hydrogens (tertiary/aromatic N) is 4. The zero-order chi connectivity index (χ0) is 21.8. The van der Waals surface area contributed by atoms with Crippen molar-refractivity contribution in [3.05, 3.63) is 22.4 Å². The molecule has 1 unspecified atom stereocenters. The molecule has 1 saturated heterocycles. The summed E-state index contributed by atoms with van der Waals surface area (Å²) in [6.07, 6.45) is 7.32. The fourth-order valence-corrected chi connectivity index (χ4v) is 5.38. The van der Waals surface area contributed by atoms with E-state index in [0.717, 1.165) is 23.5 Å². The van der Waals surface area contributed by atoms with Gasteiger partial charge in [0.25, 0.3) is 0 Å². The lowest BCUT2D eigenvalue weighted by Gasteiger charge is -2.41. The highest BCUT2D eigenvalue weighted by molar-refractivity contribution is 5.77. The zero-order valence-corrected chi connectivity index (χ0v) is 18.9. The minimum atomic E-state index is 0.0731. The van der Waals surface area contributed by atoms with Gasteiger partial charge in [0.2, 0.25) is 5.91 Å². The third-order valence-electron chi connectivity index (χ3n) is 7.04. The second-order valence-electron chi connectivity index (χ2n) is 9.03. The molecule has 1 aromatic rings. The van der Waals surface area contributed by atoms with Crippen LogP contribution in [0.15, 0.2) is 0 Å². The molecule has 1 saturated carbocycles. The van der Waals surface area contributed by atoms with Gasteiger partial charge in [-0.3, -0.25) is 4.79 Å². The molecule has 3 heterocycles. The number of anilines is 1. The van der Waals surface area contributed by atoms with Crippen LogP contribution in [0.25, 0.3) is 0 Å². The highest BCUT2D eigenvalue weighted by atomic mass is 16.5. The molecule has 7 nitrogen and oxygen atoms in total. The minimum absolute atomic E-state index is 0.0731. The Kier molecular flexibility index (Phi) is 7.09. The quantitative estimate of drug-likeness (QED) is 0.720. The third-order valence-corrected chi connectivity index (χ3v) is 7.04. The summed E-state index contributed by atoms with van der Waals surface area (Å²) >= 11 is 0. The fraction of sp³-hybridized carbons (Fsp3) is 0.708. The summed E-state index contributed by atoms with van der Waals surface area (Å²) in [5.41, 5.74) is 4.18. The zero-order valence-electron chi connectivity index (χ0n) is 18.9. The number of nitriles is 1. The molecule has 168 valence electrons. The van der Waals surface area contributed by atoms with Crippen molar-refractivity contribution in [2.45, 2.75) is 70.4 Å². The lowest BCUT2D eigenvalue weighted by Crippen LogP contribution is -2.54. The van der Waals surface area contributed by atoms with Crippen molar-refractivity contribution >= 4 is 11.7 Å². The number of hydrogen-bond acceptors (Lipinski definition) is 6. The van der Waals surface area contributed by atoms with Gasteiger partial charge in [-0.25, -0.2) is 4.98 Å². The number of pyridine rings is 1. The molecule has 0 spiro atoms. The Hall–Kier alpha value is -2.17. The van der Waals surface area contributed by atoms with Crippen LogP contribution < -0.4 is 4.90 Å². The van der Waals surface area contributed by atoms with Crippen LogP contribution in [0.3, 0.4) is 0 Å². The molecule has 0 N–H and O–H groups in total. The largest absolute Gasteiger partial charge is 0.384 e. The SMILES string of the molecule is COCCC(=O)N1CCN(c2nc(C3CCCCC3)c3c(c2C#N)CCOC3)CC1C. The van der Waals surface area contributed by atoms with Gasteiger partial charge < -0.3 is 19.3 Å². The molecule has 1 aliphatic carbocycles. The number of aromatic nitrogens is 1. The summed E-state index contributed by atoms with van der Waals surface area (Å²) in [6, 6.07) is 2.54. The van der Waals surface area contributed by atoms with Crippen LogP contribution in [0, 0.1) is 11.3 Å². The van der Waals surface area contributed by atoms with Gasteiger partial charge in [-0.2, -0.15) is 5.26 Å². The lowest BCUT2D eigenvalue weighted by atomic mass is 9.82. The van der Waals surface area contributed by atoms with E-state index in [4.69, 9.17) is 14.5 Å². The molecule has 2 fully saturated rings. The highest BCUT2D eigenvalue weighted by Crippen LogP contribution is 2.39.